The van der Waals surface area contributed by atoms with Gasteiger partial charge in [-0.25, -0.2) is 0 Å². The molecule has 0 saturated heterocycles. The van der Waals surface area contributed by atoms with Crippen molar-refractivity contribution in [3.05, 3.63) is 59.7 Å². The number of phenolic OH excluding ortho intramolecular Hbond substituents is 1. The minimum Gasteiger partial charge on any atom is -0.872 e. The van der Waals surface area contributed by atoms with Crippen LogP contribution in [0.1, 0.15) is 18.1 Å². The van der Waals surface area contributed by atoms with E-state index in [9.17, 15) is 20.1 Å². The molecule has 2 rings (SSSR count). The summed E-state index contributed by atoms with van der Waals surface area (Å²) in [6.07, 6.45) is 0. The van der Waals surface area contributed by atoms with Crippen LogP contribution < -0.4 is 5.11 Å². The van der Waals surface area contributed by atoms with Crippen molar-refractivity contribution in [3.8, 4) is 11.5 Å². The van der Waals surface area contributed by atoms with Gasteiger partial charge in [-0.3, -0.25) is 4.79 Å². The molecule has 0 aliphatic heterocycles. The van der Waals surface area contributed by atoms with Crippen LogP contribution in [0.25, 0.3) is 0 Å². The van der Waals surface area contributed by atoms with Crippen molar-refractivity contribution in [2.24, 2.45) is 0 Å². The number of phenols is 1. The monoisotopic (exact) mass is 257 g/mol. The van der Waals surface area contributed by atoms with E-state index in [0.717, 1.165) is 0 Å². The molecule has 0 saturated carbocycles. The largest absolute Gasteiger partial charge is 0.872 e. The summed E-state index contributed by atoms with van der Waals surface area (Å²) in [5, 5.41) is 31.3. The zero-order valence-corrected chi connectivity index (χ0v) is 10.3. The van der Waals surface area contributed by atoms with Crippen LogP contribution in [-0.4, -0.2) is 16.2 Å². The van der Waals surface area contributed by atoms with E-state index in [1.807, 2.05) is 0 Å². The van der Waals surface area contributed by atoms with Gasteiger partial charge in [-0.1, -0.05) is 42.5 Å². The van der Waals surface area contributed by atoms with Gasteiger partial charge in [0.05, 0.1) is 0 Å². The maximum atomic E-state index is 11.9. The van der Waals surface area contributed by atoms with Crippen LogP contribution in [0.4, 0.5) is 0 Å². The standard InChI is InChI=1S/C15H14O4/c1-15(14(18)19,10-6-2-4-8-12(10)16)11-7-3-5-9-13(11)17/h2-9,16-17H,1H3,(H,18,19)/p-1. The summed E-state index contributed by atoms with van der Waals surface area (Å²) < 4.78 is 0. The summed E-state index contributed by atoms with van der Waals surface area (Å²) in [7, 11) is 0. The summed E-state index contributed by atoms with van der Waals surface area (Å²) in [5.41, 5.74) is -1.25. The van der Waals surface area contributed by atoms with Crippen molar-refractivity contribution in [2.75, 3.05) is 0 Å². The first-order chi connectivity index (χ1) is 8.98. The van der Waals surface area contributed by atoms with Gasteiger partial charge in [-0.05, 0) is 18.6 Å². The number of hydrogen-bond donors (Lipinski definition) is 2. The highest BCUT2D eigenvalue weighted by molar-refractivity contribution is 5.87. The lowest BCUT2D eigenvalue weighted by molar-refractivity contribution is -0.270. The zero-order valence-electron chi connectivity index (χ0n) is 10.3. The van der Waals surface area contributed by atoms with Crippen molar-refractivity contribution >= 4 is 5.97 Å². The average Bonchev–Trinajstić information content (AvgIpc) is 2.38. The molecule has 2 aromatic rings. The van der Waals surface area contributed by atoms with Crippen LogP contribution in [0.2, 0.25) is 0 Å². The van der Waals surface area contributed by atoms with Crippen molar-refractivity contribution < 1.29 is 20.1 Å². The quantitative estimate of drug-likeness (QED) is 0.879. The first-order valence-corrected chi connectivity index (χ1v) is 5.76. The molecular formula is C15H13O4-. The minimum absolute atomic E-state index is 0.129. The summed E-state index contributed by atoms with van der Waals surface area (Å²) >= 11 is 0. The van der Waals surface area contributed by atoms with Crippen LogP contribution in [0.15, 0.2) is 48.5 Å². The van der Waals surface area contributed by atoms with Crippen molar-refractivity contribution in [3.63, 3.8) is 0 Å². The smallest absolute Gasteiger partial charge is 0.318 e. The number of carbonyl (C=O) groups is 1. The molecule has 98 valence electrons. The molecule has 0 bridgehead atoms. The fourth-order valence-electron chi connectivity index (χ4n) is 2.15. The number of carboxylic acid groups (broad SMARTS) is 1. The van der Waals surface area contributed by atoms with Gasteiger partial charge < -0.3 is 15.3 Å². The Kier molecular flexibility index (Phi) is 3.17. The molecule has 0 fully saturated rings. The minimum atomic E-state index is -1.58. The van der Waals surface area contributed by atoms with Crippen molar-refractivity contribution in [1.82, 2.24) is 0 Å². The Morgan fingerprint density at radius 3 is 2.11 bits per heavy atom. The van der Waals surface area contributed by atoms with Crippen LogP contribution in [0, 0.1) is 0 Å². The van der Waals surface area contributed by atoms with Crippen LogP contribution >= 0.6 is 0 Å². The molecule has 19 heavy (non-hydrogen) atoms. The fraction of sp³-hybridized carbons (Fsp3) is 0.133. The molecule has 4 nitrogen and oxygen atoms in total. The molecule has 0 aliphatic carbocycles. The third kappa shape index (κ3) is 2.01. The van der Waals surface area contributed by atoms with Gasteiger partial charge in [-0.2, -0.15) is 0 Å². The van der Waals surface area contributed by atoms with Gasteiger partial charge in [0.2, 0.25) is 0 Å². The molecule has 0 amide bonds. The lowest BCUT2D eigenvalue weighted by Gasteiger charge is -2.30. The van der Waals surface area contributed by atoms with Gasteiger partial charge in [0.25, 0.3) is 0 Å². The molecule has 1 atom stereocenters. The SMILES string of the molecule is CC(C(=O)O)(c1ccccc1[O-])c1ccccc1O. The highest BCUT2D eigenvalue weighted by atomic mass is 16.4. The number of rotatable bonds is 3. The molecule has 4 heteroatoms. The van der Waals surface area contributed by atoms with Crippen molar-refractivity contribution in [1.29, 1.82) is 0 Å². The average molecular weight is 257 g/mol. The lowest BCUT2D eigenvalue weighted by Crippen LogP contribution is -2.34. The second-order valence-corrected chi connectivity index (χ2v) is 4.44. The van der Waals surface area contributed by atoms with E-state index in [2.05, 4.69) is 0 Å². The highest BCUT2D eigenvalue weighted by Crippen LogP contribution is 2.40. The molecule has 0 aromatic heterocycles. The number of aromatic hydroxyl groups is 1. The maximum absolute atomic E-state index is 11.9. The molecular weight excluding hydrogens is 244 g/mol. The Hall–Kier alpha value is -2.49. The Bertz CT molecular complexity index is 574. The molecule has 2 N–H and O–H groups in total. The first-order valence-electron chi connectivity index (χ1n) is 5.76. The second-order valence-electron chi connectivity index (χ2n) is 4.44. The predicted molar refractivity (Wildman–Crippen MR) is 68.1 cm³/mol. The second kappa shape index (κ2) is 4.65. The van der Waals surface area contributed by atoms with Gasteiger partial charge in [-0.15, -0.1) is 5.75 Å². The Morgan fingerprint density at radius 2 is 1.58 bits per heavy atom. The Labute approximate surface area is 110 Å². The van der Waals surface area contributed by atoms with E-state index in [-0.39, 0.29) is 22.6 Å². The maximum Gasteiger partial charge on any atom is 0.318 e. The number of hydrogen-bond acceptors (Lipinski definition) is 3. The van der Waals surface area contributed by atoms with Crippen LogP contribution in [-0.2, 0) is 10.2 Å². The summed E-state index contributed by atoms with van der Waals surface area (Å²) in [6, 6.07) is 12.1. The van der Waals surface area contributed by atoms with Gasteiger partial charge in [0, 0.05) is 5.56 Å². The number of carboxylic acids is 1. The number of aliphatic carboxylic acids is 1. The fourth-order valence-corrected chi connectivity index (χ4v) is 2.15. The van der Waals surface area contributed by atoms with Crippen molar-refractivity contribution in [2.45, 2.75) is 12.3 Å². The topological polar surface area (TPSA) is 80.6 Å². The third-order valence-electron chi connectivity index (χ3n) is 3.30. The first kappa shape index (κ1) is 13.0. The Balaban J connectivity index is 2.73. The number of benzene rings is 2. The normalized spacial score (nSPS) is 13.7. The summed E-state index contributed by atoms with van der Waals surface area (Å²) in [6.45, 7) is 1.42. The molecule has 0 radical (unpaired) electrons. The van der Waals surface area contributed by atoms with E-state index < -0.39 is 11.4 Å². The molecule has 0 aliphatic rings. The zero-order chi connectivity index (χ0) is 14.0. The molecule has 0 spiro atoms. The van der Waals surface area contributed by atoms with Crippen LogP contribution in [0.3, 0.4) is 0 Å². The summed E-state index contributed by atoms with van der Waals surface area (Å²) in [5.74, 6) is -1.69. The summed E-state index contributed by atoms with van der Waals surface area (Å²) in [4.78, 5) is 11.7. The molecule has 2 aromatic carbocycles. The highest BCUT2D eigenvalue weighted by Gasteiger charge is 2.39. The van der Waals surface area contributed by atoms with Crippen LogP contribution in [0.5, 0.6) is 11.5 Å². The third-order valence-corrected chi connectivity index (χ3v) is 3.30. The van der Waals surface area contributed by atoms with Gasteiger partial charge in [0.1, 0.15) is 11.2 Å². The van der Waals surface area contributed by atoms with E-state index in [1.54, 1.807) is 24.3 Å². The molecule has 1 unspecified atom stereocenters. The molecule has 0 heterocycles. The van der Waals surface area contributed by atoms with Gasteiger partial charge in [0.15, 0.2) is 0 Å². The van der Waals surface area contributed by atoms with E-state index in [0.29, 0.717) is 0 Å². The lowest BCUT2D eigenvalue weighted by atomic mass is 9.75. The van der Waals surface area contributed by atoms with E-state index in [1.165, 1.54) is 31.2 Å². The Morgan fingerprint density at radius 1 is 1.05 bits per heavy atom. The predicted octanol–water partition coefficient (Wildman–Crippen LogP) is 1.86. The van der Waals surface area contributed by atoms with E-state index >= 15 is 0 Å². The number of para-hydroxylation sites is 2. The van der Waals surface area contributed by atoms with Gasteiger partial charge >= 0.3 is 5.97 Å². The van der Waals surface area contributed by atoms with E-state index in [4.69, 9.17) is 0 Å².